The van der Waals surface area contributed by atoms with Gasteiger partial charge in [-0.1, -0.05) is 12.1 Å². The topological polar surface area (TPSA) is 78.2 Å². The van der Waals surface area contributed by atoms with E-state index in [9.17, 15) is 10.1 Å². The molecule has 0 spiro atoms. The maximum Gasteiger partial charge on any atom is 0.322 e. The van der Waals surface area contributed by atoms with Gasteiger partial charge in [0.15, 0.2) is 0 Å². The zero-order chi connectivity index (χ0) is 13.1. The Morgan fingerprint density at radius 3 is 2.61 bits per heavy atom. The minimum Gasteiger partial charge on any atom is -0.417 e. The fourth-order valence-electron chi connectivity index (χ4n) is 1.36. The summed E-state index contributed by atoms with van der Waals surface area (Å²) >= 11 is 3.19. The minimum atomic E-state index is -0.499. The molecule has 18 heavy (non-hydrogen) atoms. The van der Waals surface area contributed by atoms with Gasteiger partial charge in [-0.2, -0.15) is 0 Å². The molecule has 0 aliphatic heterocycles. The van der Waals surface area contributed by atoms with Crippen molar-refractivity contribution in [3.63, 3.8) is 0 Å². The number of aryl methyl sites for hydroxylation is 1. The highest BCUT2D eigenvalue weighted by Gasteiger charge is 2.18. The highest BCUT2D eigenvalue weighted by atomic mass is 79.9. The van der Waals surface area contributed by atoms with Gasteiger partial charge in [-0.15, -0.1) is 0 Å². The zero-order valence-electron chi connectivity index (χ0n) is 9.33. The summed E-state index contributed by atoms with van der Waals surface area (Å²) in [6, 6.07) is 4.76. The van der Waals surface area contributed by atoms with E-state index in [1.54, 1.807) is 19.1 Å². The van der Waals surface area contributed by atoms with Crippen LogP contribution >= 0.6 is 15.9 Å². The summed E-state index contributed by atoms with van der Waals surface area (Å²) in [7, 11) is 0. The van der Waals surface area contributed by atoms with Gasteiger partial charge in [0.2, 0.25) is 5.75 Å². The van der Waals surface area contributed by atoms with Crippen LogP contribution in [0, 0.1) is 17.0 Å². The van der Waals surface area contributed by atoms with Gasteiger partial charge in [-0.25, -0.2) is 9.97 Å². The van der Waals surface area contributed by atoms with Crippen molar-refractivity contribution in [1.29, 1.82) is 0 Å². The van der Waals surface area contributed by atoms with Gasteiger partial charge in [0.25, 0.3) is 0 Å². The number of rotatable bonds is 3. The molecule has 0 aliphatic carbocycles. The molecule has 0 saturated heterocycles. The number of benzene rings is 1. The van der Waals surface area contributed by atoms with Crippen molar-refractivity contribution in [2.75, 3.05) is 0 Å². The van der Waals surface area contributed by atoms with E-state index in [0.29, 0.717) is 10.0 Å². The van der Waals surface area contributed by atoms with E-state index in [0.717, 1.165) is 0 Å². The molecule has 0 N–H and O–H groups in total. The number of nitro groups is 1. The minimum absolute atomic E-state index is 0.0654. The van der Waals surface area contributed by atoms with E-state index in [4.69, 9.17) is 4.74 Å². The van der Waals surface area contributed by atoms with Crippen LogP contribution in [0.2, 0.25) is 0 Å². The van der Waals surface area contributed by atoms with Crippen LogP contribution in [0.15, 0.2) is 35.1 Å². The fraction of sp³-hybridized carbons (Fsp3) is 0.0909. The van der Waals surface area contributed by atoms with Gasteiger partial charge in [0, 0.05) is 18.5 Å². The van der Waals surface area contributed by atoms with Crippen LogP contribution in [0.25, 0.3) is 0 Å². The Kier molecular flexibility index (Phi) is 3.52. The molecular weight excluding hydrogens is 302 g/mol. The second kappa shape index (κ2) is 5.09. The van der Waals surface area contributed by atoms with E-state index in [2.05, 4.69) is 25.9 Å². The van der Waals surface area contributed by atoms with Crippen molar-refractivity contribution in [2.24, 2.45) is 0 Å². The molecule has 1 aromatic carbocycles. The average molecular weight is 310 g/mol. The van der Waals surface area contributed by atoms with Gasteiger partial charge in [0.1, 0.15) is 0 Å². The van der Waals surface area contributed by atoms with Crippen molar-refractivity contribution in [3.05, 3.63) is 50.7 Å². The predicted octanol–water partition coefficient (Wildman–Crippen LogP) is 3.25. The molecule has 7 heteroatoms. The summed E-state index contributed by atoms with van der Waals surface area (Å²) < 4.78 is 6.07. The van der Waals surface area contributed by atoms with Gasteiger partial charge in [0.05, 0.1) is 9.40 Å². The van der Waals surface area contributed by atoms with Crippen LogP contribution in [0.5, 0.6) is 11.8 Å². The standard InChI is InChI=1S/C11H8BrN3O3/c1-7-3-2-4-9(15(16)17)10(7)18-11-13-5-8(12)6-14-11/h2-6H,1H3. The van der Waals surface area contributed by atoms with Crippen molar-refractivity contribution < 1.29 is 9.66 Å². The summed E-state index contributed by atoms with van der Waals surface area (Å²) in [5.41, 5.74) is 0.539. The second-order valence-electron chi connectivity index (χ2n) is 3.47. The molecule has 0 bridgehead atoms. The van der Waals surface area contributed by atoms with Gasteiger partial charge >= 0.3 is 11.7 Å². The lowest BCUT2D eigenvalue weighted by atomic mass is 10.2. The Morgan fingerprint density at radius 2 is 2.00 bits per heavy atom. The zero-order valence-corrected chi connectivity index (χ0v) is 10.9. The number of nitrogens with zero attached hydrogens (tertiary/aromatic N) is 3. The van der Waals surface area contributed by atoms with Crippen molar-refractivity contribution in [1.82, 2.24) is 9.97 Å². The molecule has 1 heterocycles. The molecule has 1 aromatic heterocycles. The summed E-state index contributed by atoms with van der Waals surface area (Å²) in [5, 5.41) is 10.9. The van der Waals surface area contributed by atoms with E-state index in [-0.39, 0.29) is 17.4 Å². The number of nitro benzene ring substituents is 1. The Balaban J connectivity index is 2.39. The lowest BCUT2D eigenvalue weighted by Gasteiger charge is -2.06. The van der Waals surface area contributed by atoms with Crippen molar-refractivity contribution in [3.8, 4) is 11.8 Å². The Hall–Kier alpha value is -2.02. The molecule has 2 rings (SSSR count). The summed E-state index contributed by atoms with van der Waals surface area (Å²) in [6.45, 7) is 1.72. The van der Waals surface area contributed by atoms with Gasteiger partial charge < -0.3 is 4.74 Å². The quantitative estimate of drug-likeness (QED) is 0.642. The number of ether oxygens (including phenoxy) is 1. The maximum absolute atomic E-state index is 10.9. The number of hydrogen-bond donors (Lipinski definition) is 0. The van der Waals surface area contributed by atoms with Crippen LogP contribution < -0.4 is 4.74 Å². The van der Waals surface area contributed by atoms with Crippen LogP contribution in [0.4, 0.5) is 5.69 Å². The third kappa shape index (κ3) is 2.62. The van der Waals surface area contributed by atoms with Crippen LogP contribution in [-0.2, 0) is 0 Å². The predicted molar refractivity (Wildman–Crippen MR) is 67.6 cm³/mol. The third-order valence-electron chi connectivity index (χ3n) is 2.18. The SMILES string of the molecule is Cc1cccc([N+](=O)[O-])c1Oc1ncc(Br)cn1. The largest absolute Gasteiger partial charge is 0.417 e. The van der Waals surface area contributed by atoms with E-state index in [1.165, 1.54) is 18.5 Å². The molecule has 0 atom stereocenters. The lowest BCUT2D eigenvalue weighted by molar-refractivity contribution is -0.385. The third-order valence-corrected chi connectivity index (χ3v) is 2.59. The summed E-state index contributed by atoms with van der Waals surface area (Å²) in [5.74, 6) is 0.157. The molecule has 0 saturated carbocycles. The molecule has 0 unspecified atom stereocenters. The molecular formula is C11H8BrN3O3. The molecule has 0 fully saturated rings. The second-order valence-corrected chi connectivity index (χ2v) is 4.38. The van der Waals surface area contributed by atoms with Gasteiger partial charge in [-0.3, -0.25) is 10.1 Å². The first kappa shape index (κ1) is 12.4. The monoisotopic (exact) mass is 309 g/mol. The number of aromatic nitrogens is 2. The molecule has 0 radical (unpaired) electrons. The van der Waals surface area contributed by atoms with Crippen LogP contribution in [0.3, 0.4) is 0 Å². The van der Waals surface area contributed by atoms with E-state index < -0.39 is 4.92 Å². The smallest absolute Gasteiger partial charge is 0.322 e. The Bertz CT molecular complexity index is 587. The Labute approximate surface area is 111 Å². The average Bonchev–Trinajstić information content (AvgIpc) is 2.34. The maximum atomic E-state index is 10.9. The highest BCUT2D eigenvalue weighted by Crippen LogP contribution is 2.32. The fourth-order valence-corrected chi connectivity index (χ4v) is 1.56. The summed E-state index contributed by atoms with van der Waals surface area (Å²) in [4.78, 5) is 18.2. The molecule has 6 nitrogen and oxygen atoms in total. The highest BCUT2D eigenvalue weighted by molar-refractivity contribution is 9.10. The molecule has 2 aromatic rings. The first-order valence-electron chi connectivity index (χ1n) is 4.97. The number of hydrogen-bond acceptors (Lipinski definition) is 5. The van der Waals surface area contributed by atoms with Gasteiger partial charge in [-0.05, 0) is 28.4 Å². The van der Waals surface area contributed by atoms with Crippen LogP contribution in [-0.4, -0.2) is 14.9 Å². The molecule has 92 valence electrons. The van der Waals surface area contributed by atoms with E-state index >= 15 is 0 Å². The van der Waals surface area contributed by atoms with Crippen LogP contribution in [0.1, 0.15) is 5.56 Å². The van der Waals surface area contributed by atoms with E-state index in [1.807, 2.05) is 0 Å². The molecule has 0 amide bonds. The summed E-state index contributed by atoms with van der Waals surface area (Å²) in [6.07, 6.45) is 3.01. The number of halogens is 1. The first-order chi connectivity index (χ1) is 8.58. The first-order valence-corrected chi connectivity index (χ1v) is 5.76. The lowest BCUT2D eigenvalue weighted by Crippen LogP contribution is -1.97. The number of para-hydroxylation sites is 1. The van der Waals surface area contributed by atoms with Crippen molar-refractivity contribution in [2.45, 2.75) is 6.92 Å². The Morgan fingerprint density at radius 1 is 1.33 bits per heavy atom. The molecule has 0 aliphatic rings. The van der Waals surface area contributed by atoms with Crippen molar-refractivity contribution >= 4 is 21.6 Å². The normalized spacial score (nSPS) is 10.1.